The summed E-state index contributed by atoms with van der Waals surface area (Å²) in [6, 6.07) is 24.3. The van der Waals surface area contributed by atoms with E-state index < -0.39 is 44.0 Å². The van der Waals surface area contributed by atoms with Crippen LogP contribution < -0.4 is 15.4 Å². The monoisotopic (exact) mass is 721 g/mol. The van der Waals surface area contributed by atoms with Gasteiger partial charge in [-0.25, -0.2) is 8.42 Å². The summed E-state index contributed by atoms with van der Waals surface area (Å²) < 4.78 is 67.5. The number of aryl methyl sites for hydroxylation is 1. The molecular formula is C34H35N5O9S2. The fraction of sp³-hybridized carbons (Fsp3) is 0.176. The van der Waals surface area contributed by atoms with Crippen LogP contribution in [-0.2, 0) is 20.1 Å². The first-order chi connectivity index (χ1) is 23.8. The van der Waals surface area contributed by atoms with E-state index in [9.17, 15) is 36.7 Å². The van der Waals surface area contributed by atoms with Crippen molar-refractivity contribution >= 4 is 65.0 Å². The van der Waals surface area contributed by atoms with E-state index in [1.165, 1.54) is 43.5 Å². The molecule has 14 nitrogen and oxygen atoms in total. The van der Waals surface area contributed by atoms with Gasteiger partial charge in [-0.2, -0.15) is 23.0 Å². The van der Waals surface area contributed by atoms with Gasteiger partial charge in [0.1, 0.15) is 22.1 Å². The van der Waals surface area contributed by atoms with E-state index in [2.05, 4.69) is 20.9 Å². The van der Waals surface area contributed by atoms with E-state index in [0.717, 1.165) is 9.99 Å². The highest BCUT2D eigenvalue weighted by Crippen LogP contribution is 2.44. The van der Waals surface area contributed by atoms with Crippen molar-refractivity contribution in [2.45, 2.75) is 16.7 Å². The smallest absolute Gasteiger partial charge is 0.296 e. The third kappa shape index (κ3) is 8.02. The average molecular weight is 722 g/mol. The van der Waals surface area contributed by atoms with Crippen molar-refractivity contribution in [2.24, 2.45) is 10.2 Å². The number of azo groups is 1. The number of rotatable bonds is 14. The molecule has 5 rings (SSSR count). The molecule has 0 spiro atoms. The van der Waals surface area contributed by atoms with Crippen molar-refractivity contribution in [3.8, 4) is 11.5 Å². The Kier molecular flexibility index (Phi) is 11.0. The van der Waals surface area contributed by atoms with Gasteiger partial charge in [-0.15, -0.1) is 0 Å². The molecule has 0 unspecified atom stereocenters. The van der Waals surface area contributed by atoms with Gasteiger partial charge in [0.05, 0.1) is 42.3 Å². The zero-order valence-corrected chi connectivity index (χ0v) is 28.6. The molecule has 5 aromatic carbocycles. The highest BCUT2D eigenvalue weighted by molar-refractivity contribution is 7.89. The molecule has 0 heterocycles. The number of fused-ring (bicyclic) bond motifs is 1. The minimum atomic E-state index is -4.82. The van der Waals surface area contributed by atoms with E-state index in [1.54, 1.807) is 31.2 Å². The van der Waals surface area contributed by atoms with E-state index in [4.69, 9.17) is 4.74 Å². The molecule has 0 aliphatic carbocycles. The van der Waals surface area contributed by atoms with Gasteiger partial charge in [-0.3, -0.25) is 4.55 Å². The lowest BCUT2D eigenvalue weighted by Gasteiger charge is -2.20. The van der Waals surface area contributed by atoms with E-state index in [-0.39, 0.29) is 35.1 Å². The highest BCUT2D eigenvalue weighted by Gasteiger charge is 2.25. The molecule has 0 aromatic heterocycles. The van der Waals surface area contributed by atoms with Crippen molar-refractivity contribution < 1.29 is 41.4 Å². The SMILES string of the molecule is COc1cc(/N=N/c2ccc(S(=O)(=O)N(CCO)CCO)cc2)c(C)cc1Nc1c(S(=O)(=O)O)cc2cc(Nc3ccccc3)ccc2c1O. The number of methoxy groups -OCH3 is 1. The normalized spacial score (nSPS) is 12.1. The molecule has 0 aliphatic heterocycles. The Morgan fingerprint density at radius 1 is 0.800 bits per heavy atom. The lowest BCUT2D eigenvalue weighted by Crippen LogP contribution is -2.35. The zero-order chi connectivity index (χ0) is 36.1. The predicted molar refractivity (Wildman–Crippen MR) is 190 cm³/mol. The lowest BCUT2D eigenvalue weighted by molar-refractivity contribution is 0.217. The number of para-hydroxylation sites is 1. The van der Waals surface area contributed by atoms with E-state index >= 15 is 0 Å². The number of hydrogen-bond donors (Lipinski definition) is 6. The summed E-state index contributed by atoms with van der Waals surface area (Å²) in [5, 5.41) is 45.0. The lowest BCUT2D eigenvalue weighted by atomic mass is 10.1. The first-order valence-corrected chi connectivity index (χ1v) is 18.0. The topological polar surface area (TPSA) is 210 Å². The Balaban J connectivity index is 1.44. The van der Waals surface area contributed by atoms with Gasteiger partial charge in [0.2, 0.25) is 10.0 Å². The summed E-state index contributed by atoms with van der Waals surface area (Å²) in [6.07, 6.45) is 0. The summed E-state index contributed by atoms with van der Waals surface area (Å²) in [7, 11) is -7.39. The van der Waals surface area contributed by atoms with Crippen LogP contribution in [0.4, 0.5) is 34.1 Å². The molecule has 0 atom stereocenters. The quantitative estimate of drug-likeness (QED) is 0.0446. The van der Waals surface area contributed by atoms with Crippen LogP contribution in [0.1, 0.15) is 5.56 Å². The Morgan fingerprint density at radius 2 is 1.48 bits per heavy atom. The van der Waals surface area contributed by atoms with Crippen LogP contribution in [0.5, 0.6) is 11.5 Å². The second-order valence-electron chi connectivity index (χ2n) is 11.0. The molecule has 0 fully saturated rings. The van der Waals surface area contributed by atoms with Crippen LogP contribution in [0.3, 0.4) is 0 Å². The molecule has 0 aliphatic rings. The van der Waals surface area contributed by atoms with Crippen molar-refractivity contribution in [3.05, 3.63) is 96.6 Å². The number of aliphatic hydroxyl groups excluding tert-OH is 2. The Hall–Kier alpha value is -5.10. The van der Waals surface area contributed by atoms with Gasteiger partial charge in [0.25, 0.3) is 10.1 Å². The van der Waals surface area contributed by atoms with Crippen LogP contribution in [0.15, 0.2) is 111 Å². The molecule has 0 saturated heterocycles. The van der Waals surface area contributed by atoms with Crippen LogP contribution in [0, 0.1) is 6.92 Å². The van der Waals surface area contributed by atoms with Gasteiger partial charge in [-0.05, 0) is 84.6 Å². The summed E-state index contributed by atoms with van der Waals surface area (Å²) in [4.78, 5) is -0.596. The number of aromatic hydroxyl groups is 1. The van der Waals surface area contributed by atoms with Gasteiger partial charge in [0, 0.05) is 35.9 Å². The highest BCUT2D eigenvalue weighted by atomic mass is 32.2. The second kappa shape index (κ2) is 15.2. The second-order valence-corrected chi connectivity index (χ2v) is 14.3. The number of benzene rings is 5. The summed E-state index contributed by atoms with van der Waals surface area (Å²) >= 11 is 0. The standard InChI is InChI=1S/C34H35N5O9S2/c1-22-18-30(31(48-2)21-29(22)38-37-25-8-11-27(12-9-25)49(43,44)39(14-16-40)15-17-41)36-33-32(50(45,46)47)20-23-19-26(10-13-28(23)34(33)42)35-24-6-4-3-5-7-24/h3-13,18-21,35-36,40-42H,14-17H2,1-2H3,(H,45,46,47)/b38-37+. The summed E-state index contributed by atoms with van der Waals surface area (Å²) in [5.41, 5.74) is 2.72. The summed E-state index contributed by atoms with van der Waals surface area (Å²) in [5.74, 6) is -0.201. The maximum absolute atomic E-state index is 12.9. The maximum Gasteiger partial charge on any atom is 0.296 e. The molecule has 6 N–H and O–H groups in total. The van der Waals surface area contributed by atoms with Crippen molar-refractivity contribution in [1.82, 2.24) is 4.31 Å². The fourth-order valence-electron chi connectivity index (χ4n) is 5.16. The zero-order valence-electron chi connectivity index (χ0n) is 27.0. The number of phenolic OH excluding ortho intramolecular Hbond substituents is 1. The number of anilines is 4. The molecule has 5 aromatic rings. The van der Waals surface area contributed by atoms with Crippen LogP contribution in [0.25, 0.3) is 10.8 Å². The minimum Gasteiger partial charge on any atom is -0.505 e. The number of nitrogens with one attached hydrogen (secondary N) is 2. The van der Waals surface area contributed by atoms with Crippen molar-refractivity contribution in [2.75, 3.05) is 44.0 Å². The number of ether oxygens (including phenoxy) is 1. The molecular weight excluding hydrogens is 687 g/mol. The Morgan fingerprint density at radius 3 is 2.10 bits per heavy atom. The van der Waals surface area contributed by atoms with Gasteiger partial charge < -0.3 is 30.7 Å². The summed E-state index contributed by atoms with van der Waals surface area (Å²) in [6.45, 7) is 0.587. The molecule has 0 saturated carbocycles. The molecule has 16 heteroatoms. The van der Waals surface area contributed by atoms with Crippen molar-refractivity contribution in [1.29, 1.82) is 0 Å². The minimum absolute atomic E-state index is 0.0443. The van der Waals surface area contributed by atoms with Crippen LogP contribution in [0.2, 0.25) is 0 Å². The molecule has 0 amide bonds. The van der Waals surface area contributed by atoms with Gasteiger partial charge in [0.15, 0.2) is 0 Å². The van der Waals surface area contributed by atoms with E-state index in [1.807, 2.05) is 30.3 Å². The Bertz CT molecular complexity index is 2240. The molecule has 262 valence electrons. The first kappa shape index (κ1) is 36.2. The predicted octanol–water partition coefficient (Wildman–Crippen LogP) is 5.99. The largest absolute Gasteiger partial charge is 0.505 e. The first-order valence-electron chi connectivity index (χ1n) is 15.1. The molecule has 50 heavy (non-hydrogen) atoms. The van der Waals surface area contributed by atoms with Crippen molar-refractivity contribution in [3.63, 3.8) is 0 Å². The van der Waals surface area contributed by atoms with Crippen LogP contribution >= 0.6 is 0 Å². The van der Waals surface area contributed by atoms with Gasteiger partial charge >= 0.3 is 0 Å². The van der Waals surface area contributed by atoms with Crippen LogP contribution in [-0.4, -0.2) is 74.4 Å². The third-order valence-corrected chi connectivity index (χ3v) is 10.4. The van der Waals surface area contributed by atoms with E-state index in [0.29, 0.717) is 33.4 Å². The molecule has 0 radical (unpaired) electrons. The average Bonchev–Trinajstić information content (AvgIpc) is 3.09. The number of aliphatic hydroxyl groups is 2. The third-order valence-electron chi connectivity index (χ3n) is 7.64. The Labute approximate surface area is 289 Å². The fourth-order valence-corrected chi connectivity index (χ4v) is 7.26. The number of sulfonamides is 1. The maximum atomic E-state index is 12.9. The number of phenols is 1. The number of hydrogen-bond acceptors (Lipinski definition) is 12. The number of nitrogens with zero attached hydrogens (tertiary/aromatic N) is 3. The molecule has 0 bridgehead atoms. The van der Waals surface area contributed by atoms with Gasteiger partial charge in [-0.1, -0.05) is 18.2 Å².